The fourth-order valence-corrected chi connectivity index (χ4v) is 3.17. The highest BCUT2D eigenvalue weighted by Gasteiger charge is 2.17. The molecule has 2 N–H and O–H groups in total. The first-order valence-electron chi connectivity index (χ1n) is 8.28. The van der Waals surface area contributed by atoms with Crippen LogP contribution >= 0.6 is 11.3 Å². The molecule has 0 radical (unpaired) electrons. The van der Waals surface area contributed by atoms with Crippen molar-refractivity contribution in [1.82, 2.24) is 4.98 Å². The number of thiazole rings is 1. The summed E-state index contributed by atoms with van der Waals surface area (Å²) < 4.78 is 32.2. The van der Waals surface area contributed by atoms with Gasteiger partial charge in [0.1, 0.15) is 5.60 Å². The molecular formula is C19H17F2N3O3S. The molecule has 1 heterocycles. The van der Waals surface area contributed by atoms with Gasteiger partial charge in [-0.1, -0.05) is 17.4 Å². The number of hydrogen-bond acceptors (Lipinski definition) is 5. The maximum atomic E-state index is 13.3. The van der Waals surface area contributed by atoms with Crippen molar-refractivity contribution in [3.63, 3.8) is 0 Å². The van der Waals surface area contributed by atoms with Gasteiger partial charge in [-0.05, 0) is 45.0 Å². The van der Waals surface area contributed by atoms with Gasteiger partial charge in [-0.3, -0.25) is 15.4 Å². The molecule has 6 nitrogen and oxygen atoms in total. The molecular weight excluding hydrogens is 388 g/mol. The molecule has 146 valence electrons. The lowest BCUT2D eigenvalue weighted by atomic mass is 10.2. The van der Waals surface area contributed by atoms with Crippen LogP contribution in [0.15, 0.2) is 36.4 Å². The number of benzene rings is 2. The highest BCUT2D eigenvalue weighted by Crippen LogP contribution is 2.28. The Kier molecular flexibility index (Phi) is 5.28. The average Bonchev–Trinajstić information content (AvgIpc) is 2.94. The van der Waals surface area contributed by atoms with E-state index < -0.39 is 29.2 Å². The standard InChI is InChI=1S/C19H17F2N3O3S/c1-19(2,3)27-18(26)22-11-6-4-5-10(7-11)16(25)24-17-23-14-8-12(20)13(21)9-15(14)28-17/h4-9H,1-3H3,(H,22,26)(H,23,24,25). The number of anilines is 2. The van der Waals surface area contributed by atoms with E-state index in [-0.39, 0.29) is 16.2 Å². The molecule has 2 aromatic carbocycles. The van der Waals surface area contributed by atoms with Crippen molar-refractivity contribution in [2.45, 2.75) is 26.4 Å². The second kappa shape index (κ2) is 7.51. The van der Waals surface area contributed by atoms with Crippen molar-refractivity contribution in [2.75, 3.05) is 10.6 Å². The zero-order chi connectivity index (χ0) is 20.5. The Morgan fingerprint density at radius 3 is 2.50 bits per heavy atom. The van der Waals surface area contributed by atoms with Crippen LogP contribution in [-0.4, -0.2) is 22.6 Å². The predicted molar refractivity (Wildman–Crippen MR) is 104 cm³/mol. The van der Waals surface area contributed by atoms with Crippen LogP contribution in [0, 0.1) is 11.6 Å². The quantitative estimate of drug-likeness (QED) is 0.630. The normalized spacial score (nSPS) is 11.3. The van der Waals surface area contributed by atoms with Crippen LogP contribution in [0.1, 0.15) is 31.1 Å². The lowest BCUT2D eigenvalue weighted by Crippen LogP contribution is -2.27. The molecule has 3 aromatic rings. The molecule has 0 atom stereocenters. The zero-order valence-corrected chi connectivity index (χ0v) is 16.1. The van der Waals surface area contributed by atoms with Crippen LogP contribution in [0.2, 0.25) is 0 Å². The fourth-order valence-electron chi connectivity index (χ4n) is 2.31. The molecule has 2 amide bonds. The third kappa shape index (κ3) is 4.80. The molecule has 0 unspecified atom stereocenters. The van der Waals surface area contributed by atoms with Gasteiger partial charge in [0.2, 0.25) is 0 Å². The zero-order valence-electron chi connectivity index (χ0n) is 15.3. The number of rotatable bonds is 3. The van der Waals surface area contributed by atoms with Crippen LogP contribution in [0.5, 0.6) is 0 Å². The van der Waals surface area contributed by atoms with Gasteiger partial charge in [0, 0.05) is 17.3 Å². The third-order valence-corrected chi connectivity index (χ3v) is 4.35. The number of fused-ring (bicyclic) bond motifs is 1. The summed E-state index contributed by atoms with van der Waals surface area (Å²) in [4.78, 5) is 28.4. The Hall–Kier alpha value is -3.07. The highest BCUT2D eigenvalue weighted by atomic mass is 32.1. The smallest absolute Gasteiger partial charge is 0.412 e. The van der Waals surface area contributed by atoms with Gasteiger partial charge in [-0.15, -0.1) is 0 Å². The number of carbonyl (C=O) groups is 2. The number of nitrogens with zero attached hydrogens (tertiary/aromatic N) is 1. The molecule has 0 saturated carbocycles. The molecule has 0 aliphatic rings. The van der Waals surface area contributed by atoms with Crippen LogP contribution in [0.25, 0.3) is 10.2 Å². The number of halogens is 2. The molecule has 0 aliphatic carbocycles. The topological polar surface area (TPSA) is 80.3 Å². The molecule has 3 rings (SSSR count). The highest BCUT2D eigenvalue weighted by molar-refractivity contribution is 7.22. The Bertz CT molecular complexity index is 1020. The Labute approximate surface area is 163 Å². The fraction of sp³-hybridized carbons (Fsp3) is 0.211. The Morgan fingerprint density at radius 1 is 1.07 bits per heavy atom. The van der Waals surface area contributed by atoms with E-state index in [0.717, 1.165) is 23.5 Å². The van der Waals surface area contributed by atoms with Crippen LogP contribution in [0.3, 0.4) is 0 Å². The van der Waals surface area contributed by atoms with Crippen molar-refractivity contribution in [1.29, 1.82) is 0 Å². The molecule has 9 heteroatoms. The van der Waals surface area contributed by atoms with Gasteiger partial charge in [0.05, 0.1) is 10.2 Å². The summed E-state index contributed by atoms with van der Waals surface area (Å²) in [5, 5.41) is 5.34. The molecule has 0 fully saturated rings. The minimum Gasteiger partial charge on any atom is -0.444 e. The molecule has 28 heavy (non-hydrogen) atoms. The number of aromatic nitrogens is 1. The first-order valence-corrected chi connectivity index (χ1v) is 9.09. The molecule has 0 saturated heterocycles. The second-order valence-corrected chi connectivity index (χ2v) is 7.95. The SMILES string of the molecule is CC(C)(C)OC(=O)Nc1cccc(C(=O)Nc2nc3cc(F)c(F)cc3s2)c1. The summed E-state index contributed by atoms with van der Waals surface area (Å²) in [6.07, 6.45) is -0.639. The Balaban J connectivity index is 1.73. The summed E-state index contributed by atoms with van der Waals surface area (Å²) in [5.74, 6) is -2.46. The molecule has 0 bridgehead atoms. The number of hydrogen-bond donors (Lipinski definition) is 2. The lowest BCUT2D eigenvalue weighted by molar-refractivity contribution is 0.0635. The maximum Gasteiger partial charge on any atom is 0.412 e. The number of carbonyl (C=O) groups excluding carboxylic acids is 2. The van der Waals surface area contributed by atoms with Gasteiger partial charge in [-0.25, -0.2) is 18.6 Å². The van der Waals surface area contributed by atoms with Crippen molar-refractivity contribution < 1.29 is 23.1 Å². The van der Waals surface area contributed by atoms with Crippen molar-refractivity contribution >= 4 is 44.4 Å². The Morgan fingerprint density at radius 2 is 1.79 bits per heavy atom. The minimum atomic E-state index is -1.00. The summed E-state index contributed by atoms with van der Waals surface area (Å²) in [5.41, 5.74) is 0.255. The molecule has 1 aromatic heterocycles. The number of ether oxygens (including phenoxy) is 1. The summed E-state index contributed by atoms with van der Waals surface area (Å²) >= 11 is 1.02. The number of nitrogens with one attached hydrogen (secondary N) is 2. The van der Waals surface area contributed by atoms with E-state index >= 15 is 0 Å². The number of amides is 2. The first-order chi connectivity index (χ1) is 13.1. The van der Waals surface area contributed by atoms with E-state index in [2.05, 4.69) is 15.6 Å². The average molecular weight is 405 g/mol. The lowest BCUT2D eigenvalue weighted by Gasteiger charge is -2.19. The summed E-state index contributed by atoms with van der Waals surface area (Å²) in [6.45, 7) is 5.23. The van der Waals surface area contributed by atoms with E-state index in [0.29, 0.717) is 10.4 Å². The van der Waals surface area contributed by atoms with E-state index in [9.17, 15) is 18.4 Å². The van der Waals surface area contributed by atoms with Gasteiger partial charge in [0.25, 0.3) is 5.91 Å². The van der Waals surface area contributed by atoms with Crippen LogP contribution in [-0.2, 0) is 4.74 Å². The van der Waals surface area contributed by atoms with E-state index in [1.165, 1.54) is 6.07 Å². The van der Waals surface area contributed by atoms with Crippen LogP contribution in [0.4, 0.5) is 24.4 Å². The summed E-state index contributed by atoms with van der Waals surface area (Å²) in [7, 11) is 0. The second-order valence-electron chi connectivity index (χ2n) is 6.91. The van der Waals surface area contributed by atoms with Crippen molar-refractivity contribution in [3.05, 3.63) is 53.6 Å². The molecule has 0 aliphatic heterocycles. The van der Waals surface area contributed by atoms with Gasteiger partial charge >= 0.3 is 6.09 Å². The predicted octanol–water partition coefficient (Wildman–Crippen LogP) is 5.17. The van der Waals surface area contributed by atoms with Crippen molar-refractivity contribution in [3.8, 4) is 0 Å². The van der Waals surface area contributed by atoms with Crippen LogP contribution < -0.4 is 10.6 Å². The van der Waals surface area contributed by atoms with E-state index in [4.69, 9.17) is 4.74 Å². The maximum absolute atomic E-state index is 13.3. The third-order valence-electron chi connectivity index (χ3n) is 3.42. The molecule has 0 spiro atoms. The van der Waals surface area contributed by atoms with Gasteiger partial charge < -0.3 is 4.74 Å². The largest absolute Gasteiger partial charge is 0.444 e. The first kappa shape index (κ1) is 19.7. The van der Waals surface area contributed by atoms with E-state index in [1.807, 2.05) is 0 Å². The van der Waals surface area contributed by atoms with Gasteiger partial charge in [-0.2, -0.15) is 0 Å². The minimum absolute atomic E-state index is 0.204. The summed E-state index contributed by atoms with van der Waals surface area (Å²) in [6, 6.07) is 8.26. The monoisotopic (exact) mass is 405 g/mol. The van der Waals surface area contributed by atoms with Gasteiger partial charge in [0.15, 0.2) is 16.8 Å². The van der Waals surface area contributed by atoms with E-state index in [1.54, 1.807) is 39.0 Å². The van der Waals surface area contributed by atoms with Crippen molar-refractivity contribution in [2.24, 2.45) is 0 Å².